The molecular formula is C64H49N. The third-order valence-electron chi connectivity index (χ3n) is 14.4. The van der Waals surface area contributed by atoms with Crippen molar-refractivity contribution in [3.63, 3.8) is 0 Å². The van der Waals surface area contributed by atoms with Crippen molar-refractivity contribution in [3.8, 4) is 44.5 Å². The first-order chi connectivity index (χ1) is 32.0. The number of nitrogens with zero attached hydrogens (tertiary/aromatic N) is 1. The van der Waals surface area contributed by atoms with E-state index in [0.29, 0.717) is 5.92 Å². The molecular weight excluding hydrogens is 783 g/mol. The number of fused-ring (bicyclic) bond motifs is 6. The number of hydrogen-bond donors (Lipinski definition) is 0. The van der Waals surface area contributed by atoms with Crippen molar-refractivity contribution in [2.45, 2.75) is 40.0 Å². The summed E-state index contributed by atoms with van der Waals surface area (Å²) in [5, 5.41) is 10.0. The van der Waals surface area contributed by atoms with Gasteiger partial charge in [0.25, 0.3) is 0 Å². The minimum atomic E-state index is 0.295. The van der Waals surface area contributed by atoms with Gasteiger partial charge in [-0.05, 0) is 180 Å². The predicted octanol–water partition coefficient (Wildman–Crippen LogP) is 17.5. The molecule has 0 aliphatic heterocycles. The van der Waals surface area contributed by atoms with E-state index < -0.39 is 0 Å². The van der Waals surface area contributed by atoms with Gasteiger partial charge < -0.3 is 0 Å². The van der Waals surface area contributed by atoms with Crippen LogP contribution in [0.25, 0.3) is 87.6 Å². The molecule has 0 N–H and O–H groups in total. The highest BCUT2D eigenvalue weighted by Crippen LogP contribution is 2.48. The molecule has 9 aromatic carbocycles. The highest BCUT2D eigenvalue weighted by Gasteiger charge is 2.32. The van der Waals surface area contributed by atoms with Crippen molar-refractivity contribution < 1.29 is 0 Å². The molecule has 65 heavy (non-hydrogen) atoms. The van der Waals surface area contributed by atoms with Crippen molar-refractivity contribution in [1.82, 2.24) is 0 Å². The Morgan fingerprint density at radius 3 is 1.86 bits per heavy atom. The Bertz CT molecular complexity index is 3650. The van der Waals surface area contributed by atoms with Gasteiger partial charge in [0.2, 0.25) is 0 Å². The number of aryl methyl sites for hydroxylation is 1. The lowest BCUT2D eigenvalue weighted by molar-refractivity contribution is 0.678. The summed E-state index contributed by atoms with van der Waals surface area (Å²) >= 11 is 0. The molecule has 310 valence electrons. The molecule has 0 fully saturated rings. The van der Waals surface area contributed by atoms with Crippen molar-refractivity contribution in [1.29, 1.82) is 0 Å². The van der Waals surface area contributed by atoms with Gasteiger partial charge in [0, 0.05) is 17.2 Å². The Balaban J connectivity index is 1.03. The fourth-order valence-electron chi connectivity index (χ4n) is 11.1. The van der Waals surface area contributed by atoms with E-state index in [-0.39, 0.29) is 0 Å². The van der Waals surface area contributed by atoms with Crippen LogP contribution in [0.4, 0.5) is 0 Å². The molecule has 1 unspecified atom stereocenters. The SMILES string of the molecule is CC1=C(/N=C(\C)c2ccccc2-c2cc(-c3ccc4c(-c5ccc6ccccc6c5)c5ccccc5c(-c5ccc6ccccc6c5)c4c3)ccc2C)C2CC=CC=C2C2=C1C=CCC2. The van der Waals surface area contributed by atoms with Crippen LogP contribution in [0.15, 0.2) is 233 Å². The number of aliphatic imine (C=N–C) groups is 1. The number of hydrogen-bond acceptors (Lipinski definition) is 1. The number of rotatable bonds is 6. The van der Waals surface area contributed by atoms with E-state index in [0.717, 1.165) is 25.0 Å². The molecule has 1 heteroatoms. The highest BCUT2D eigenvalue weighted by atomic mass is 14.8. The molecule has 12 rings (SSSR count). The predicted molar refractivity (Wildman–Crippen MR) is 279 cm³/mol. The van der Waals surface area contributed by atoms with Crippen LogP contribution in [0.5, 0.6) is 0 Å². The quantitative estimate of drug-likeness (QED) is 0.117. The fourth-order valence-corrected chi connectivity index (χ4v) is 11.1. The van der Waals surface area contributed by atoms with Gasteiger partial charge in [-0.3, -0.25) is 4.99 Å². The van der Waals surface area contributed by atoms with Crippen LogP contribution < -0.4 is 0 Å². The van der Waals surface area contributed by atoms with Gasteiger partial charge >= 0.3 is 0 Å². The lowest BCUT2D eigenvalue weighted by atomic mass is 9.72. The molecule has 0 radical (unpaired) electrons. The van der Waals surface area contributed by atoms with Crippen molar-refractivity contribution >= 4 is 48.8 Å². The average molecular weight is 832 g/mol. The van der Waals surface area contributed by atoms with Crippen molar-refractivity contribution in [2.75, 3.05) is 0 Å². The largest absolute Gasteiger partial charge is 0.257 e. The Hall–Kier alpha value is -7.61. The highest BCUT2D eigenvalue weighted by molar-refractivity contribution is 6.22. The summed E-state index contributed by atoms with van der Waals surface area (Å²) < 4.78 is 0. The second-order valence-electron chi connectivity index (χ2n) is 18.1. The molecule has 0 spiro atoms. The zero-order valence-corrected chi connectivity index (χ0v) is 37.2. The number of benzene rings is 9. The molecule has 9 aromatic rings. The maximum atomic E-state index is 5.58. The van der Waals surface area contributed by atoms with Gasteiger partial charge in [0.15, 0.2) is 0 Å². The van der Waals surface area contributed by atoms with Crippen LogP contribution in [0.2, 0.25) is 0 Å². The van der Waals surface area contributed by atoms with Crippen LogP contribution in [0, 0.1) is 12.8 Å². The van der Waals surface area contributed by atoms with Gasteiger partial charge in [0.1, 0.15) is 0 Å². The normalized spacial score (nSPS) is 16.1. The minimum absolute atomic E-state index is 0.295. The molecule has 0 saturated heterocycles. The Morgan fingerprint density at radius 2 is 1.12 bits per heavy atom. The van der Waals surface area contributed by atoms with Gasteiger partial charge in [-0.1, -0.05) is 176 Å². The summed E-state index contributed by atoms with van der Waals surface area (Å²) in [6.45, 7) is 6.73. The summed E-state index contributed by atoms with van der Waals surface area (Å²) in [4.78, 5) is 5.58. The molecule has 3 aliphatic carbocycles. The van der Waals surface area contributed by atoms with Crippen LogP contribution in [0.3, 0.4) is 0 Å². The molecule has 0 amide bonds. The average Bonchev–Trinajstić information content (AvgIpc) is 3.36. The standard InChI is InChI=1S/C64H49N/c1-40-28-29-47(38-60(40)54-23-11-9-21-52(54)42(3)65-64-41(2)51-20-8-10-22-53(51)55-24-12-15-27-59(55)64)48-34-35-58-61(39-48)63(50-33-31-44-17-5-7-19-46(44)37-50)57-26-14-13-25-56(57)62(58)49-32-30-43-16-4-6-18-45(43)36-49/h4-9,11-21,23-26,28-39,59H,10,22,27H2,1-3H3/b65-42+. The molecule has 3 aliphatic rings. The molecule has 0 saturated carbocycles. The number of allylic oxidation sites excluding steroid dienone is 9. The van der Waals surface area contributed by atoms with E-state index in [1.807, 2.05) is 0 Å². The monoisotopic (exact) mass is 831 g/mol. The molecule has 0 bridgehead atoms. The summed E-state index contributed by atoms with van der Waals surface area (Å²) in [6, 6.07) is 63.3. The Morgan fingerprint density at radius 1 is 0.523 bits per heavy atom. The summed E-state index contributed by atoms with van der Waals surface area (Å²) in [5.74, 6) is 0.295. The third-order valence-corrected chi connectivity index (χ3v) is 14.4. The smallest absolute Gasteiger partial charge is 0.0520 e. The van der Waals surface area contributed by atoms with E-state index in [2.05, 4.69) is 221 Å². The summed E-state index contributed by atoms with van der Waals surface area (Å²) in [6.07, 6.45) is 14.8. The zero-order valence-electron chi connectivity index (χ0n) is 37.2. The van der Waals surface area contributed by atoms with Crippen LogP contribution >= 0.6 is 0 Å². The third kappa shape index (κ3) is 6.65. The van der Waals surface area contributed by atoms with Crippen molar-refractivity contribution in [2.24, 2.45) is 10.9 Å². The molecule has 0 aromatic heterocycles. The molecule has 1 atom stereocenters. The van der Waals surface area contributed by atoms with Gasteiger partial charge in [-0.15, -0.1) is 0 Å². The van der Waals surface area contributed by atoms with Crippen LogP contribution in [0.1, 0.15) is 44.2 Å². The maximum Gasteiger partial charge on any atom is 0.0520 e. The topological polar surface area (TPSA) is 12.4 Å². The molecule has 1 nitrogen and oxygen atoms in total. The minimum Gasteiger partial charge on any atom is -0.257 e. The second-order valence-corrected chi connectivity index (χ2v) is 18.1. The van der Waals surface area contributed by atoms with Gasteiger partial charge in [-0.2, -0.15) is 0 Å². The van der Waals surface area contributed by atoms with Crippen LogP contribution in [-0.2, 0) is 0 Å². The van der Waals surface area contributed by atoms with E-state index >= 15 is 0 Å². The van der Waals surface area contributed by atoms with Gasteiger partial charge in [-0.25, -0.2) is 0 Å². The van der Waals surface area contributed by atoms with E-state index in [9.17, 15) is 0 Å². The van der Waals surface area contributed by atoms with Crippen LogP contribution in [-0.4, -0.2) is 5.71 Å². The first-order valence-electron chi connectivity index (χ1n) is 23.2. The van der Waals surface area contributed by atoms with E-state index in [4.69, 9.17) is 4.99 Å². The first kappa shape index (κ1) is 39.0. The fraction of sp³-hybridized carbons (Fsp3) is 0.109. The molecule has 0 heterocycles. The first-order valence-corrected chi connectivity index (χ1v) is 23.2. The zero-order chi connectivity index (χ0) is 43.6. The van der Waals surface area contributed by atoms with Gasteiger partial charge in [0.05, 0.1) is 5.70 Å². The van der Waals surface area contributed by atoms with E-state index in [1.54, 1.807) is 0 Å². The lowest BCUT2D eigenvalue weighted by Crippen LogP contribution is -2.20. The maximum absolute atomic E-state index is 5.58. The lowest BCUT2D eigenvalue weighted by Gasteiger charge is -2.34. The summed E-state index contributed by atoms with van der Waals surface area (Å²) in [7, 11) is 0. The Labute approximate surface area is 381 Å². The second kappa shape index (κ2) is 15.9. The van der Waals surface area contributed by atoms with Crippen molar-refractivity contribution in [3.05, 3.63) is 239 Å². The Kier molecular flexibility index (Phi) is 9.53. The van der Waals surface area contributed by atoms with E-state index in [1.165, 1.54) is 127 Å². The summed E-state index contributed by atoms with van der Waals surface area (Å²) in [5.41, 5.74) is 20.2.